The fraction of sp³-hybridized carbons (Fsp3) is 0.417. The molecular weight excluding hydrogens is 449 g/mol. The van der Waals surface area contributed by atoms with Crippen LogP contribution in [-0.2, 0) is 11.3 Å². The van der Waals surface area contributed by atoms with Gasteiger partial charge in [0.25, 0.3) is 6.01 Å². The van der Waals surface area contributed by atoms with Gasteiger partial charge in [-0.25, -0.2) is 4.79 Å². The Kier molecular flexibility index (Phi) is 6.54. The van der Waals surface area contributed by atoms with Gasteiger partial charge >= 0.3 is 6.09 Å². The normalized spacial score (nSPS) is 16.5. The summed E-state index contributed by atoms with van der Waals surface area (Å²) in [4.78, 5) is 18.8. The third-order valence-corrected chi connectivity index (χ3v) is 5.95. The Hall–Kier alpha value is -2.44. The van der Waals surface area contributed by atoms with E-state index in [4.69, 9.17) is 32.7 Å². The summed E-state index contributed by atoms with van der Waals surface area (Å²) < 4.78 is 13.7. The summed E-state index contributed by atoms with van der Waals surface area (Å²) >= 11 is 12.6. The van der Waals surface area contributed by atoms with Crippen LogP contribution in [0.4, 0.5) is 4.79 Å². The van der Waals surface area contributed by atoms with Crippen LogP contribution in [0.5, 0.6) is 6.01 Å². The molecule has 0 aliphatic carbocycles. The van der Waals surface area contributed by atoms with Gasteiger partial charge in [-0.3, -0.25) is 4.57 Å². The van der Waals surface area contributed by atoms with E-state index in [1.807, 2.05) is 55.7 Å². The molecule has 1 fully saturated rings. The number of nitrogens with zero attached hydrogens (tertiary/aromatic N) is 3. The first-order valence-electron chi connectivity index (χ1n) is 10.7. The molecule has 0 unspecified atom stereocenters. The number of amides is 1. The number of hydrogen-bond donors (Lipinski definition) is 0. The number of halogens is 2. The Morgan fingerprint density at radius 2 is 1.97 bits per heavy atom. The third-order valence-electron chi connectivity index (χ3n) is 5.34. The predicted molar refractivity (Wildman–Crippen MR) is 127 cm³/mol. The topological polar surface area (TPSA) is 56.6 Å². The average Bonchev–Trinajstić information content (AvgIpc) is 3.33. The summed E-state index contributed by atoms with van der Waals surface area (Å²) in [5.74, 6) is 0.213. The molecule has 3 aromatic rings. The van der Waals surface area contributed by atoms with Gasteiger partial charge in [-0.05, 0) is 63.1 Å². The van der Waals surface area contributed by atoms with Crippen LogP contribution >= 0.6 is 23.2 Å². The van der Waals surface area contributed by atoms with Crippen molar-refractivity contribution in [3.05, 3.63) is 58.1 Å². The first-order valence-corrected chi connectivity index (χ1v) is 11.4. The second-order valence-electron chi connectivity index (χ2n) is 9.10. The molecule has 0 saturated carbocycles. The molecule has 0 spiro atoms. The fourth-order valence-electron chi connectivity index (χ4n) is 3.80. The molecule has 2 heterocycles. The van der Waals surface area contributed by atoms with Crippen LogP contribution < -0.4 is 4.74 Å². The quantitative estimate of drug-likeness (QED) is 0.452. The molecule has 0 N–H and O–H groups in total. The van der Waals surface area contributed by atoms with Gasteiger partial charge in [0.05, 0.1) is 24.2 Å². The van der Waals surface area contributed by atoms with Crippen LogP contribution in [0.2, 0.25) is 10.0 Å². The van der Waals surface area contributed by atoms with Crippen molar-refractivity contribution < 1.29 is 14.3 Å². The van der Waals surface area contributed by atoms with E-state index in [0.717, 1.165) is 23.0 Å². The molecule has 1 aromatic heterocycles. The van der Waals surface area contributed by atoms with Crippen LogP contribution in [0.25, 0.3) is 11.0 Å². The Morgan fingerprint density at radius 1 is 1.19 bits per heavy atom. The van der Waals surface area contributed by atoms with E-state index >= 15 is 0 Å². The van der Waals surface area contributed by atoms with Crippen molar-refractivity contribution >= 4 is 40.3 Å². The number of para-hydroxylation sites is 2. The number of carbonyl (C=O) groups is 1. The lowest BCUT2D eigenvalue weighted by atomic mass is 10.1. The zero-order valence-corrected chi connectivity index (χ0v) is 20.0. The summed E-state index contributed by atoms with van der Waals surface area (Å²) in [5.41, 5.74) is 2.20. The van der Waals surface area contributed by atoms with Gasteiger partial charge in [-0.1, -0.05) is 35.3 Å². The number of benzene rings is 2. The van der Waals surface area contributed by atoms with Crippen molar-refractivity contribution in [2.75, 3.05) is 19.7 Å². The fourth-order valence-corrected chi connectivity index (χ4v) is 4.18. The van der Waals surface area contributed by atoms with E-state index in [9.17, 15) is 4.79 Å². The van der Waals surface area contributed by atoms with Gasteiger partial charge in [0, 0.05) is 29.1 Å². The highest BCUT2D eigenvalue weighted by Gasteiger charge is 2.30. The number of hydrogen-bond acceptors (Lipinski definition) is 4. The molecular formula is C24H27Cl2N3O3. The minimum atomic E-state index is -0.502. The summed E-state index contributed by atoms with van der Waals surface area (Å²) in [6, 6.07) is 13.8. The van der Waals surface area contributed by atoms with Crippen LogP contribution in [0.3, 0.4) is 0 Å². The van der Waals surface area contributed by atoms with Gasteiger partial charge in [0.15, 0.2) is 0 Å². The molecule has 0 radical (unpaired) electrons. The van der Waals surface area contributed by atoms with Gasteiger partial charge in [-0.15, -0.1) is 0 Å². The first kappa shape index (κ1) is 22.7. The van der Waals surface area contributed by atoms with Gasteiger partial charge < -0.3 is 14.4 Å². The molecule has 1 aliphatic heterocycles. The number of likely N-dealkylation sites (tertiary alicyclic amines) is 1. The van der Waals surface area contributed by atoms with E-state index in [1.165, 1.54) is 0 Å². The Balaban J connectivity index is 1.48. The molecule has 32 heavy (non-hydrogen) atoms. The number of ether oxygens (including phenoxy) is 2. The smallest absolute Gasteiger partial charge is 0.410 e. The Bertz CT molecular complexity index is 1120. The number of aromatic nitrogens is 2. The lowest BCUT2D eigenvalue weighted by Crippen LogP contribution is -2.35. The van der Waals surface area contributed by atoms with Crippen LogP contribution in [0.15, 0.2) is 42.5 Å². The average molecular weight is 476 g/mol. The van der Waals surface area contributed by atoms with Crippen molar-refractivity contribution in [3.8, 4) is 6.01 Å². The third kappa shape index (κ3) is 5.30. The van der Waals surface area contributed by atoms with Gasteiger partial charge in [-0.2, -0.15) is 4.98 Å². The van der Waals surface area contributed by atoms with E-state index in [-0.39, 0.29) is 12.0 Å². The molecule has 4 rings (SSSR count). The summed E-state index contributed by atoms with van der Waals surface area (Å²) in [7, 11) is 0. The number of fused-ring (bicyclic) bond motifs is 1. The summed E-state index contributed by atoms with van der Waals surface area (Å²) in [6.07, 6.45) is 0.586. The molecule has 2 aromatic carbocycles. The minimum Gasteiger partial charge on any atom is -0.464 e. The number of imidazole rings is 1. The second-order valence-corrected chi connectivity index (χ2v) is 9.94. The molecule has 6 nitrogen and oxygen atoms in total. The number of carbonyl (C=O) groups excluding carboxylic acids is 1. The zero-order valence-electron chi connectivity index (χ0n) is 18.5. The van der Waals surface area contributed by atoms with Crippen molar-refractivity contribution in [1.29, 1.82) is 0 Å². The Morgan fingerprint density at radius 3 is 2.75 bits per heavy atom. The molecule has 1 saturated heterocycles. The summed E-state index contributed by atoms with van der Waals surface area (Å²) in [6.45, 7) is 7.84. The molecule has 1 atom stereocenters. The monoisotopic (exact) mass is 475 g/mol. The lowest BCUT2D eigenvalue weighted by Gasteiger charge is -2.24. The van der Waals surface area contributed by atoms with Crippen LogP contribution in [0.1, 0.15) is 32.8 Å². The largest absolute Gasteiger partial charge is 0.464 e. The maximum absolute atomic E-state index is 12.3. The highest BCUT2D eigenvalue weighted by molar-refractivity contribution is 6.33. The number of rotatable bonds is 5. The SMILES string of the molecule is CC(C)(C)OC(=O)N1CC[C@@H](COc2nc3ccccc3n2Cc2cc(Cl)ccc2Cl)C1. The van der Waals surface area contributed by atoms with Crippen molar-refractivity contribution in [3.63, 3.8) is 0 Å². The van der Waals surface area contributed by atoms with Gasteiger partial charge in [0.1, 0.15) is 5.60 Å². The van der Waals surface area contributed by atoms with Crippen molar-refractivity contribution in [2.24, 2.45) is 5.92 Å². The standard InChI is InChI=1S/C24H27Cl2N3O3/c1-24(2,3)32-23(30)28-11-10-16(13-28)15-31-22-27-20-6-4-5-7-21(20)29(22)14-17-12-18(25)8-9-19(17)26/h4-9,12,16H,10-11,13-15H2,1-3H3/t16-/m1/s1. The molecule has 1 aliphatic rings. The van der Waals surface area contributed by atoms with Gasteiger partial charge in [0.2, 0.25) is 0 Å². The maximum atomic E-state index is 12.3. The predicted octanol–water partition coefficient (Wildman–Crippen LogP) is 6.03. The van der Waals surface area contributed by atoms with E-state index in [2.05, 4.69) is 4.98 Å². The highest BCUT2D eigenvalue weighted by Crippen LogP contribution is 2.28. The van der Waals surface area contributed by atoms with Crippen molar-refractivity contribution in [1.82, 2.24) is 14.5 Å². The van der Waals surface area contributed by atoms with Crippen LogP contribution in [0, 0.1) is 5.92 Å². The highest BCUT2D eigenvalue weighted by atomic mass is 35.5. The first-order chi connectivity index (χ1) is 15.2. The van der Waals surface area contributed by atoms with E-state index < -0.39 is 5.60 Å². The van der Waals surface area contributed by atoms with E-state index in [0.29, 0.717) is 42.3 Å². The molecule has 170 valence electrons. The van der Waals surface area contributed by atoms with Crippen LogP contribution in [-0.4, -0.2) is 45.8 Å². The minimum absolute atomic E-state index is 0.213. The van der Waals surface area contributed by atoms with E-state index in [1.54, 1.807) is 17.0 Å². The zero-order chi connectivity index (χ0) is 22.9. The molecule has 1 amide bonds. The summed E-state index contributed by atoms with van der Waals surface area (Å²) in [5, 5.41) is 1.27. The second kappa shape index (κ2) is 9.20. The lowest BCUT2D eigenvalue weighted by molar-refractivity contribution is 0.0284. The Labute approximate surface area is 198 Å². The maximum Gasteiger partial charge on any atom is 0.410 e. The molecule has 0 bridgehead atoms. The van der Waals surface area contributed by atoms with Crippen molar-refractivity contribution in [2.45, 2.75) is 39.3 Å². The molecule has 8 heteroatoms.